The molecule has 0 aliphatic carbocycles. The molecule has 1 aliphatic heterocycles. The van der Waals surface area contributed by atoms with Crippen molar-refractivity contribution in [2.45, 2.75) is 19.1 Å². The lowest BCUT2D eigenvalue weighted by Crippen LogP contribution is -2.20. The Balaban J connectivity index is 1.99. The highest BCUT2D eigenvalue weighted by atomic mass is 32.2. The first kappa shape index (κ1) is 17.6. The van der Waals surface area contributed by atoms with E-state index in [0.717, 1.165) is 11.3 Å². The second-order valence-electron chi connectivity index (χ2n) is 5.44. The second-order valence-corrected chi connectivity index (χ2v) is 8.73. The maximum atomic E-state index is 12.3. The van der Waals surface area contributed by atoms with Gasteiger partial charge in [-0.2, -0.15) is 0 Å². The third-order valence-electron chi connectivity index (χ3n) is 3.71. The monoisotopic (exact) mass is 380 g/mol. The van der Waals surface area contributed by atoms with Crippen molar-refractivity contribution < 1.29 is 22.7 Å². The van der Waals surface area contributed by atoms with Crippen LogP contribution in [0.4, 0.5) is 5.00 Å². The molecule has 1 aliphatic rings. The van der Waals surface area contributed by atoms with Crippen LogP contribution in [-0.2, 0) is 26.7 Å². The molecule has 7 nitrogen and oxygen atoms in total. The molecule has 9 heteroatoms. The molecule has 3 rings (SSSR count). The number of thiophene rings is 1. The number of carbonyl (C=O) groups is 2. The summed E-state index contributed by atoms with van der Waals surface area (Å²) in [5.74, 6) is -1.17. The molecule has 0 spiro atoms. The third-order valence-corrected chi connectivity index (χ3v) is 6.59. The largest absolute Gasteiger partial charge is 0.462 e. The van der Waals surface area contributed by atoms with Gasteiger partial charge in [-0.3, -0.25) is 9.78 Å². The van der Waals surface area contributed by atoms with Crippen molar-refractivity contribution in [1.82, 2.24) is 4.98 Å². The Morgan fingerprint density at radius 1 is 1.36 bits per heavy atom. The van der Waals surface area contributed by atoms with Gasteiger partial charge in [-0.05, 0) is 31.0 Å². The predicted molar refractivity (Wildman–Crippen MR) is 93.7 cm³/mol. The van der Waals surface area contributed by atoms with Gasteiger partial charge >= 0.3 is 5.97 Å². The number of carbonyl (C=O) groups excluding carboxylic acids is 2. The molecule has 3 heterocycles. The first-order valence-corrected chi connectivity index (χ1v) is 10.3. The minimum Gasteiger partial charge on any atom is -0.462 e. The third kappa shape index (κ3) is 3.72. The fourth-order valence-corrected chi connectivity index (χ4v) is 5.63. The average molecular weight is 380 g/mol. The Bertz CT molecular complexity index is 920. The minimum atomic E-state index is -3.18. The number of fused-ring (bicyclic) bond motifs is 1. The summed E-state index contributed by atoms with van der Waals surface area (Å²) in [5, 5.41) is 2.97. The van der Waals surface area contributed by atoms with E-state index in [0.29, 0.717) is 15.4 Å². The molecule has 0 saturated heterocycles. The fourth-order valence-electron chi connectivity index (χ4n) is 2.59. The smallest absolute Gasteiger partial charge is 0.341 e. The standard InChI is InChI=1S/C16H16N2O5S2/c1-2-23-16(20)13-10-6-8-25(21,22)9-12(10)24-15(13)18-14(19)11-5-3-4-7-17-11/h3-5,7H,2,6,8-9H2,1H3,(H,18,19). The highest BCUT2D eigenvalue weighted by molar-refractivity contribution is 7.90. The maximum Gasteiger partial charge on any atom is 0.341 e. The normalized spacial score (nSPS) is 15.2. The van der Waals surface area contributed by atoms with E-state index in [2.05, 4.69) is 10.3 Å². The number of aromatic nitrogens is 1. The summed E-state index contributed by atoms with van der Waals surface area (Å²) in [6.07, 6.45) is 1.73. The van der Waals surface area contributed by atoms with E-state index in [-0.39, 0.29) is 35.8 Å². The molecule has 0 bridgehead atoms. The molecule has 2 aromatic heterocycles. The van der Waals surface area contributed by atoms with Crippen LogP contribution in [0.25, 0.3) is 0 Å². The summed E-state index contributed by atoms with van der Waals surface area (Å²) >= 11 is 1.10. The van der Waals surface area contributed by atoms with Crippen LogP contribution in [0, 0.1) is 0 Å². The van der Waals surface area contributed by atoms with E-state index in [1.807, 2.05) is 0 Å². The summed E-state index contributed by atoms with van der Waals surface area (Å²) < 4.78 is 28.8. The molecule has 1 amide bonds. The molecule has 0 unspecified atom stereocenters. The van der Waals surface area contributed by atoms with Crippen LogP contribution >= 0.6 is 11.3 Å². The van der Waals surface area contributed by atoms with Crippen LogP contribution in [0.15, 0.2) is 24.4 Å². The van der Waals surface area contributed by atoms with Crippen molar-refractivity contribution in [1.29, 1.82) is 0 Å². The van der Waals surface area contributed by atoms with Gasteiger partial charge in [0.15, 0.2) is 9.84 Å². The SMILES string of the molecule is CCOC(=O)c1c(NC(=O)c2ccccn2)sc2c1CCS(=O)(=O)C2. The van der Waals surface area contributed by atoms with E-state index in [9.17, 15) is 18.0 Å². The van der Waals surface area contributed by atoms with Gasteiger partial charge < -0.3 is 10.1 Å². The van der Waals surface area contributed by atoms with Gasteiger partial charge in [0.25, 0.3) is 5.91 Å². The van der Waals surface area contributed by atoms with Gasteiger partial charge in [-0.25, -0.2) is 13.2 Å². The van der Waals surface area contributed by atoms with Gasteiger partial charge in [0.1, 0.15) is 10.7 Å². The molecule has 1 N–H and O–H groups in total. The van der Waals surface area contributed by atoms with Crippen LogP contribution in [0.3, 0.4) is 0 Å². The topological polar surface area (TPSA) is 102 Å². The lowest BCUT2D eigenvalue weighted by atomic mass is 10.1. The molecule has 0 atom stereocenters. The first-order valence-electron chi connectivity index (χ1n) is 7.65. The Hall–Kier alpha value is -2.26. The van der Waals surface area contributed by atoms with Gasteiger partial charge in [0.05, 0.1) is 23.7 Å². The maximum absolute atomic E-state index is 12.3. The highest BCUT2D eigenvalue weighted by Crippen LogP contribution is 2.38. The number of anilines is 1. The zero-order valence-corrected chi connectivity index (χ0v) is 15.1. The van der Waals surface area contributed by atoms with Crippen molar-refractivity contribution in [3.63, 3.8) is 0 Å². The number of pyridine rings is 1. The summed E-state index contributed by atoms with van der Waals surface area (Å²) in [6.45, 7) is 1.88. The molecular formula is C16H16N2O5S2. The summed E-state index contributed by atoms with van der Waals surface area (Å²) in [5.41, 5.74) is 1.10. The molecule has 132 valence electrons. The van der Waals surface area contributed by atoms with E-state index in [1.165, 1.54) is 6.20 Å². The first-order chi connectivity index (χ1) is 11.9. The van der Waals surface area contributed by atoms with Gasteiger partial charge in [0, 0.05) is 11.1 Å². The van der Waals surface area contributed by atoms with Crippen molar-refractivity contribution in [2.24, 2.45) is 0 Å². The van der Waals surface area contributed by atoms with Gasteiger partial charge in [0.2, 0.25) is 0 Å². The second kappa shape index (κ2) is 6.93. The Labute approximate surface area is 149 Å². The summed E-state index contributed by atoms with van der Waals surface area (Å²) in [7, 11) is -3.18. The van der Waals surface area contributed by atoms with E-state index >= 15 is 0 Å². The number of esters is 1. The number of hydrogen-bond donors (Lipinski definition) is 1. The summed E-state index contributed by atoms with van der Waals surface area (Å²) in [6, 6.07) is 4.92. The van der Waals surface area contributed by atoms with Crippen LogP contribution in [0.1, 0.15) is 38.2 Å². The van der Waals surface area contributed by atoms with Gasteiger partial charge in [-0.15, -0.1) is 11.3 Å². The van der Waals surface area contributed by atoms with Gasteiger partial charge in [-0.1, -0.05) is 6.07 Å². The lowest BCUT2D eigenvalue weighted by Gasteiger charge is -2.13. The quantitative estimate of drug-likeness (QED) is 0.815. The Kier molecular flexibility index (Phi) is 4.87. The molecule has 0 radical (unpaired) electrons. The molecule has 0 fully saturated rings. The molecule has 25 heavy (non-hydrogen) atoms. The number of nitrogens with zero attached hydrogens (tertiary/aromatic N) is 1. The van der Waals surface area contributed by atoms with E-state index < -0.39 is 21.7 Å². The fraction of sp³-hybridized carbons (Fsp3) is 0.312. The number of ether oxygens (including phenoxy) is 1. The number of sulfone groups is 1. The minimum absolute atomic E-state index is 0.0171. The number of amides is 1. The van der Waals surface area contributed by atoms with E-state index in [1.54, 1.807) is 25.1 Å². The van der Waals surface area contributed by atoms with Crippen molar-refractivity contribution >= 4 is 38.1 Å². The lowest BCUT2D eigenvalue weighted by molar-refractivity contribution is 0.0527. The Morgan fingerprint density at radius 2 is 2.16 bits per heavy atom. The highest BCUT2D eigenvalue weighted by Gasteiger charge is 2.32. The summed E-state index contributed by atoms with van der Waals surface area (Å²) in [4.78, 5) is 29.2. The zero-order valence-electron chi connectivity index (χ0n) is 13.4. The van der Waals surface area contributed by atoms with E-state index in [4.69, 9.17) is 4.74 Å². The average Bonchev–Trinajstić information content (AvgIpc) is 2.91. The number of nitrogens with one attached hydrogen (secondary N) is 1. The zero-order chi connectivity index (χ0) is 18.0. The van der Waals surface area contributed by atoms with Crippen LogP contribution in [0.2, 0.25) is 0 Å². The predicted octanol–water partition coefficient (Wildman–Crippen LogP) is 2.04. The van der Waals surface area contributed by atoms with Crippen LogP contribution in [-0.4, -0.2) is 37.6 Å². The number of rotatable bonds is 4. The molecule has 0 saturated carbocycles. The number of hydrogen-bond acceptors (Lipinski definition) is 7. The molecular weight excluding hydrogens is 364 g/mol. The van der Waals surface area contributed by atoms with Crippen molar-refractivity contribution in [2.75, 3.05) is 17.7 Å². The van der Waals surface area contributed by atoms with Crippen molar-refractivity contribution in [3.05, 3.63) is 46.1 Å². The van der Waals surface area contributed by atoms with Crippen LogP contribution in [0.5, 0.6) is 0 Å². The molecule has 0 aromatic carbocycles. The van der Waals surface area contributed by atoms with Crippen molar-refractivity contribution in [3.8, 4) is 0 Å². The Morgan fingerprint density at radius 3 is 2.84 bits per heavy atom. The van der Waals surface area contributed by atoms with Crippen LogP contribution < -0.4 is 5.32 Å². The molecule has 2 aromatic rings.